The summed E-state index contributed by atoms with van der Waals surface area (Å²) in [4.78, 5) is 33.0. The predicted octanol–water partition coefficient (Wildman–Crippen LogP) is 4.13. The molecule has 1 heterocycles. The summed E-state index contributed by atoms with van der Waals surface area (Å²) in [6.07, 6.45) is 3.23. The summed E-state index contributed by atoms with van der Waals surface area (Å²) in [5, 5.41) is 2.97. The molecule has 2 amide bonds. The molecule has 0 fully saturated rings. The molecule has 0 radical (unpaired) electrons. The van der Waals surface area contributed by atoms with E-state index < -0.39 is 12.5 Å². The Morgan fingerprint density at radius 2 is 1.88 bits per heavy atom. The van der Waals surface area contributed by atoms with Gasteiger partial charge < -0.3 is 15.0 Å². The number of amidine groups is 1. The van der Waals surface area contributed by atoms with E-state index in [0.29, 0.717) is 17.4 Å². The third kappa shape index (κ3) is 6.44. The molecule has 0 aromatic heterocycles. The second-order valence-corrected chi connectivity index (χ2v) is 8.25. The van der Waals surface area contributed by atoms with Crippen molar-refractivity contribution in [1.82, 2.24) is 5.32 Å². The van der Waals surface area contributed by atoms with Crippen LogP contribution in [0.1, 0.15) is 5.56 Å². The molecule has 34 heavy (non-hydrogen) atoms. The van der Waals surface area contributed by atoms with Gasteiger partial charge in [-0.3, -0.25) is 14.5 Å². The lowest BCUT2D eigenvalue weighted by Crippen LogP contribution is -2.32. The summed E-state index contributed by atoms with van der Waals surface area (Å²) >= 11 is 1.09. The van der Waals surface area contributed by atoms with Crippen LogP contribution in [0, 0.1) is 0 Å². The van der Waals surface area contributed by atoms with Gasteiger partial charge in [-0.25, -0.2) is 4.99 Å². The van der Waals surface area contributed by atoms with Crippen molar-refractivity contribution in [1.29, 1.82) is 0 Å². The summed E-state index contributed by atoms with van der Waals surface area (Å²) in [6.45, 7) is 0.934. The van der Waals surface area contributed by atoms with E-state index in [1.165, 1.54) is 29.2 Å². The minimum Gasteiger partial charge on any atom is -0.435 e. The maximum absolute atomic E-state index is 13.2. The summed E-state index contributed by atoms with van der Waals surface area (Å²) in [5.74, 6) is -0.629. The highest BCUT2D eigenvalue weighted by molar-refractivity contribution is 8.14. The third-order valence-electron chi connectivity index (χ3n) is 4.64. The topological polar surface area (TPSA) is 74.2 Å². The van der Waals surface area contributed by atoms with E-state index in [9.17, 15) is 18.4 Å². The fourth-order valence-corrected chi connectivity index (χ4v) is 3.83. The lowest BCUT2D eigenvalue weighted by Gasteiger charge is -2.18. The number of alkyl halides is 2. The molecule has 0 unspecified atom stereocenters. The highest BCUT2D eigenvalue weighted by Gasteiger charge is 2.32. The molecule has 0 saturated carbocycles. The van der Waals surface area contributed by atoms with Crippen LogP contribution in [0.5, 0.6) is 5.75 Å². The van der Waals surface area contributed by atoms with Gasteiger partial charge in [0.15, 0.2) is 5.17 Å². The molecular formula is C24H24F2N4O3S. The van der Waals surface area contributed by atoms with Gasteiger partial charge in [0.1, 0.15) is 11.4 Å². The number of halogens is 2. The first-order valence-corrected chi connectivity index (χ1v) is 11.2. The normalized spacial score (nSPS) is 14.4. The van der Waals surface area contributed by atoms with Gasteiger partial charge in [-0.15, -0.1) is 6.58 Å². The minimum absolute atomic E-state index is 0.0305. The van der Waals surface area contributed by atoms with Crippen molar-refractivity contribution in [3.8, 4) is 5.75 Å². The van der Waals surface area contributed by atoms with Crippen molar-refractivity contribution < 1.29 is 23.1 Å². The van der Waals surface area contributed by atoms with E-state index in [2.05, 4.69) is 21.6 Å². The number of carbonyl (C=O) groups is 2. The molecule has 2 aromatic carbocycles. The number of aliphatic imine (C=N–C) groups is 1. The van der Waals surface area contributed by atoms with Crippen LogP contribution in [0.25, 0.3) is 6.08 Å². The largest absolute Gasteiger partial charge is 0.435 e. The molecule has 1 aliphatic heterocycles. The Kier molecular flexibility index (Phi) is 8.42. The Morgan fingerprint density at radius 3 is 2.47 bits per heavy atom. The zero-order chi connectivity index (χ0) is 24.7. The van der Waals surface area contributed by atoms with E-state index in [1.54, 1.807) is 12.2 Å². The van der Waals surface area contributed by atoms with E-state index in [0.717, 1.165) is 23.0 Å². The van der Waals surface area contributed by atoms with E-state index in [4.69, 9.17) is 0 Å². The van der Waals surface area contributed by atoms with E-state index in [-0.39, 0.29) is 23.1 Å². The maximum atomic E-state index is 13.2. The van der Waals surface area contributed by atoms with Crippen molar-refractivity contribution in [3.63, 3.8) is 0 Å². The molecular weight excluding hydrogens is 462 g/mol. The van der Waals surface area contributed by atoms with Gasteiger partial charge in [0.05, 0.1) is 11.4 Å². The van der Waals surface area contributed by atoms with Gasteiger partial charge in [0.2, 0.25) is 5.91 Å². The van der Waals surface area contributed by atoms with Crippen LogP contribution in [0.3, 0.4) is 0 Å². The van der Waals surface area contributed by atoms with Gasteiger partial charge in [0, 0.05) is 26.3 Å². The van der Waals surface area contributed by atoms with Gasteiger partial charge >= 0.3 is 6.61 Å². The first-order valence-electron chi connectivity index (χ1n) is 10.3. The van der Waals surface area contributed by atoms with Gasteiger partial charge in [0.25, 0.3) is 5.91 Å². The number of carbonyl (C=O) groups excluding carboxylic acids is 2. The summed E-state index contributed by atoms with van der Waals surface area (Å²) < 4.78 is 29.3. The zero-order valence-electron chi connectivity index (χ0n) is 18.7. The fourth-order valence-electron chi connectivity index (χ4n) is 2.99. The molecule has 3 rings (SSSR count). The second kappa shape index (κ2) is 11.5. The van der Waals surface area contributed by atoms with Crippen molar-refractivity contribution in [2.45, 2.75) is 6.61 Å². The number of hydrogen-bond acceptors (Lipinski definition) is 6. The zero-order valence-corrected chi connectivity index (χ0v) is 19.5. The smallest absolute Gasteiger partial charge is 0.387 e. The Morgan fingerprint density at radius 1 is 1.21 bits per heavy atom. The van der Waals surface area contributed by atoms with Crippen LogP contribution in [-0.2, 0) is 9.59 Å². The molecule has 7 nitrogen and oxygen atoms in total. The monoisotopic (exact) mass is 486 g/mol. The summed E-state index contributed by atoms with van der Waals surface area (Å²) in [7, 11) is 3.87. The highest BCUT2D eigenvalue weighted by atomic mass is 32.2. The molecule has 10 heteroatoms. The number of ether oxygens (including phenoxy) is 1. The molecule has 0 saturated heterocycles. The molecule has 0 aliphatic carbocycles. The number of benzene rings is 2. The minimum atomic E-state index is -2.95. The van der Waals surface area contributed by atoms with Crippen molar-refractivity contribution in [2.75, 3.05) is 36.2 Å². The Balaban J connectivity index is 1.87. The fraction of sp³-hybridized carbons (Fsp3) is 0.208. The number of hydrogen-bond donors (Lipinski definition) is 1. The molecule has 0 atom stereocenters. The first-order chi connectivity index (χ1) is 16.3. The number of rotatable bonds is 9. The SMILES string of the molecule is C=CCNC(=O)CSC1=NC(=Cc2ccc(N(C)C)cc2)C(=O)N1c1ccc(OC(F)F)cc1. The van der Waals surface area contributed by atoms with Crippen molar-refractivity contribution >= 4 is 46.2 Å². The lowest BCUT2D eigenvalue weighted by atomic mass is 10.1. The van der Waals surface area contributed by atoms with Crippen molar-refractivity contribution in [3.05, 3.63) is 72.4 Å². The second-order valence-electron chi connectivity index (χ2n) is 7.30. The first kappa shape index (κ1) is 25.0. The summed E-state index contributed by atoms with van der Waals surface area (Å²) in [6, 6.07) is 13.3. The van der Waals surface area contributed by atoms with Crippen LogP contribution >= 0.6 is 11.8 Å². The van der Waals surface area contributed by atoms with Crippen LogP contribution in [0.2, 0.25) is 0 Å². The van der Waals surface area contributed by atoms with Gasteiger partial charge in [-0.2, -0.15) is 8.78 Å². The maximum Gasteiger partial charge on any atom is 0.387 e. The number of amides is 2. The summed E-state index contributed by atoms with van der Waals surface area (Å²) in [5.41, 5.74) is 2.40. The average Bonchev–Trinajstić information content (AvgIpc) is 3.11. The molecule has 1 aliphatic rings. The van der Waals surface area contributed by atoms with Crippen molar-refractivity contribution in [2.24, 2.45) is 4.99 Å². The molecule has 2 aromatic rings. The van der Waals surface area contributed by atoms with Crippen LogP contribution in [0.15, 0.2) is 71.9 Å². The molecule has 1 N–H and O–H groups in total. The predicted molar refractivity (Wildman–Crippen MR) is 132 cm³/mol. The lowest BCUT2D eigenvalue weighted by molar-refractivity contribution is -0.118. The van der Waals surface area contributed by atoms with Gasteiger partial charge in [-0.05, 0) is 48.0 Å². The average molecular weight is 487 g/mol. The van der Waals surface area contributed by atoms with E-state index in [1.807, 2.05) is 43.3 Å². The molecule has 0 spiro atoms. The number of nitrogens with zero attached hydrogens (tertiary/aromatic N) is 3. The third-order valence-corrected chi connectivity index (χ3v) is 5.58. The number of anilines is 2. The number of nitrogens with one attached hydrogen (secondary N) is 1. The molecule has 0 bridgehead atoms. The Bertz CT molecular complexity index is 1100. The van der Waals surface area contributed by atoms with Gasteiger partial charge in [-0.1, -0.05) is 30.0 Å². The molecule has 178 valence electrons. The van der Waals surface area contributed by atoms with Crippen LogP contribution < -0.4 is 19.9 Å². The number of thioether (sulfide) groups is 1. The standard InChI is InChI=1S/C24H24F2N4O3S/c1-4-13-27-21(31)15-34-24-28-20(14-16-5-7-17(8-6-16)29(2)3)22(32)30(24)18-9-11-19(12-10-18)33-23(25)26/h4-12,14,23H,1,13,15H2,2-3H3,(H,27,31). The van der Waals surface area contributed by atoms with Crippen LogP contribution in [0.4, 0.5) is 20.2 Å². The van der Waals surface area contributed by atoms with E-state index >= 15 is 0 Å². The van der Waals surface area contributed by atoms with Crippen LogP contribution in [-0.4, -0.2) is 50.0 Å². The Labute approximate surface area is 200 Å². The Hall–Kier alpha value is -3.66. The quantitative estimate of drug-likeness (QED) is 0.426. The highest BCUT2D eigenvalue weighted by Crippen LogP contribution is 2.31.